The van der Waals surface area contributed by atoms with Crippen LogP contribution in [0.4, 0.5) is 5.69 Å². The van der Waals surface area contributed by atoms with Gasteiger partial charge in [0, 0.05) is 32.2 Å². The molecule has 1 heterocycles. The van der Waals surface area contributed by atoms with Crippen LogP contribution in [0.15, 0.2) is 24.3 Å². The number of benzene rings is 1. The number of anilines is 1. The standard InChI is InChI=1S/C18H28N2O/c1-15-7-3-4-8-16(15)19-11-13-20(14-12-19)17-9-5-6-10-18(17)21-2/h5-6,9-10,15-16H,3-4,7-8,11-14H2,1-2H3/t15-,16-/m0/s1. The maximum absolute atomic E-state index is 5.50. The van der Waals surface area contributed by atoms with Gasteiger partial charge >= 0.3 is 0 Å². The van der Waals surface area contributed by atoms with Crippen LogP contribution in [0, 0.1) is 5.92 Å². The van der Waals surface area contributed by atoms with E-state index in [9.17, 15) is 0 Å². The largest absolute Gasteiger partial charge is 0.495 e. The molecule has 3 nitrogen and oxygen atoms in total. The van der Waals surface area contributed by atoms with Crippen LogP contribution in [0.25, 0.3) is 0 Å². The van der Waals surface area contributed by atoms with Gasteiger partial charge in [0.25, 0.3) is 0 Å². The molecule has 0 amide bonds. The van der Waals surface area contributed by atoms with E-state index in [1.54, 1.807) is 7.11 Å². The van der Waals surface area contributed by atoms with Crippen LogP contribution in [0.1, 0.15) is 32.6 Å². The zero-order chi connectivity index (χ0) is 14.7. The molecule has 1 aliphatic heterocycles. The van der Waals surface area contributed by atoms with E-state index < -0.39 is 0 Å². The molecule has 1 aliphatic carbocycles. The minimum absolute atomic E-state index is 0.818. The van der Waals surface area contributed by atoms with E-state index in [-0.39, 0.29) is 0 Å². The Morgan fingerprint density at radius 2 is 1.71 bits per heavy atom. The van der Waals surface area contributed by atoms with Crippen molar-refractivity contribution in [2.45, 2.75) is 38.6 Å². The fourth-order valence-electron chi connectivity index (χ4n) is 4.02. The minimum atomic E-state index is 0.818. The zero-order valence-electron chi connectivity index (χ0n) is 13.4. The number of piperazine rings is 1. The molecular formula is C18H28N2O. The predicted molar refractivity (Wildman–Crippen MR) is 88.2 cm³/mol. The van der Waals surface area contributed by atoms with Gasteiger partial charge in [-0.3, -0.25) is 4.90 Å². The Morgan fingerprint density at radius 1 is 1.00 bits per heavy atom. The van der Waals surface area contributed by atoms with Crippen LogP contribution >= 0.6 is 0 Å². The smallest absolute Gasteiger partial charge is 0.142 e. The SMILES string of the molecule is COc1ccccc1N1CCN([C@H]2CCCC[C@@H]2C)CC1. The fraction of sp³-hybridized carbons (Fsp3) is 0.667. The van der Waals surface area contributed by atoms with Crippen LogP contribution < -0.4 is 9.64 Å². The van der Waals surface area contributed by atoms with Crippen LogP contribution in [-0.2, 0) is 0 Å². The van der Waals surface area contributed by atoms with E-state index in [0.29, 0.717) is 0 Å². The fourth-order valence-corrected chi connectivity index (χ4v) is 4.02. The third-order valence-electron chi connectivity index (χ3n) is 5.28. The molecule has 116 valence electrons. The first-order valence-electron chi connectivity index (χ1n) is 8.41. The second-order valence-electron chi connectivity index (χ2n) is 6.52. The third-order valence-corrected chi connectivity index (χ3v) is 5.28. The van der Waals surface area contributed by atoms with Crippen molar-refractivity contribution in [1.82, 2.24) is 4.90 Å². The molecule has 21 heavy (non-hydrogen) atoms. The summed E-state index contributed by atoms with van der Waals surface area (Å²) in [6.07, 6.45) is 5.66. The summed E-state index contributed by atoms with van der Waals surface area (Å²) in [5, 5.41) is 0. The quantitative estimate of drug-likeness (QED) is 0.848. The van der Waals surface area contributed by atoms with Crippen molar-refractivity contribution >= 4 is 5.69 Å². The number of hydrogen-bond acceptors (Lipinski definition) is 3. The second kappa shape index (κ2) is 6.69. The number of ether oxygens (including phenoxy) is 1. The summed E-state index contributed by atoms with van der Waals surface area (Å²) in [6.45, 7) is 7.05. The van der Waals surface area contributed by atoms with Gasteiger partial charge in [0.1, 0.15) is 5.75 Å². The molecule has 0 unspecified atom stereocenters. The van der Waals surface area contributed by atoms with Gasteiger partial charge in [-0.05, 0) is 30.9 Å². The van der Waals surface area contributed by atoms with E-state index in [2.05, 4.69) is 34.9 Å². The van der Waals surface area contributed by atoms with Crippen LogP contribution in [-0.4, -0.2) is 44.2 Å². The van der Waals surface area contributed by atoms with Gasteiger partial charge in [-0.25, -0.2) is 0 Å². The summed E-state index contributed by atoms with van der Waals surface area (Å²) in [7, 11) is 1.76. The highest BCUT2D eigenvalue weighted by molar-refractivity contribution is 5.58. The lowest BCUT2D eigenvalue weighted by Crippen LogP contribution is -2.52. The summed E-state index contributed by atoms with van der Waals surface area (Å²) in [6, 6.07) is 9.21. The Bertz CT molecular complexity index is 454. The Kier molecular flexibility index (Phi) is 4.69. The first-order valence-corrected chi connectivity index (χ1v) is 8.41. The minimum Gasteiger partial charge on any atom is -0.495 e. The number of para-hydroxylation sites is 2. The highest BCUT2D eigenvalue weighted by Crippen LogP contribution is 2.31. The summed E-state index contributed by atoms with van der Waals surface area (Å²) < 4.78 is 5.50. The highest BCUT2D eigenvalue weighted by atomic mass is 16.5. The maximum Gasteiger partial charge on any atom is 0.142 e. The third kappa shape index (κ3) is 3.18. The summed E-state index contributed by atoms with van der Waals surface area (Å²) in [4.78, 5) is 5.21. The number of rotatable bonds is 3. The van der Waals surface area contributed by atoms with Crippen molar-refractivity contribution in [3.05, 3.63) is 24.3 Å². The molecule has 3 heteroatoms. The number of nitrogens with zero attached hydrogens (tertiary/aromatic N) is 2. The van der Waals surface area contributed by atoms with Crippen LogP contribution in [0.3, 0.4) is 0 Å². The lowest BCUT2D eigenvalue weighted by Gasteiger charge is -2.44. The Balaban J connectivity index is 1.62. The molecule has 0 bridgehead atoms. The van der Waals surface area contributed by atoms with Gasteiger partial charge in [0.05, 0.1) is 12.8 Å². The Labute approximate surface area is 128 Å². The van der Waals surface area contributed by atoms with Gasteiger partial charge in [-0.1, -0.05) is 31.9 Å². The number of methoxy groups -OCH3 is 1. The predicted octanol–water partition coefficient (Wildman–Crippen LogP) is 3.40. The molecule has 2 atom stereocenters. The number of hydrogen-bond donors (Lipinski definition) is 0. The molecule has 1 saturated carbocycles. The van der Waals surface area contributed by atoms with Crippen molar-refractivity contribution < 1.29 is 4.74 Å². The molecule has 2 aliphatic rings. The van der Waals surface area contributed by atoms with Crippen molar-refractivity contribution in [3.63, 3.8) is 0 Å². The highest BCUT2D eigenvalue weighted by Gasteiger charge is 2.30. The first-order chi connectivity index (χ1) is 10.3. The van der Waals surface area contributed by atoms with Crippen LogP contribution in [0.5, 0.6) is 5.75 Å². The normalized spacial score (nSPS) is 27.6. The van der Waals surface area contributed by atoms with Gasteiger partial charge < -0.3 is 9.64 Å². The lowest BCUT2D eigenvalue weighted by atomic mass is 9.84. The average Bonchev–Trinajstić information content (AvgIpc) is 2.55. The molecule has 1 saturated heterocycles. The van der Waals surface area contributed by atoms with E-state index in [0.717, 1.165) is 30.8 Å². The molecule has 3 rings (SSSR count). The van der Waals surface area contributed by atoms with Crippen LogP contribution in [0.2, 0.25) is 0 Å². The molecule has 0 radical (unpaired) electrons. The van der Waals surface area contributed by atoms with Gasteiger partial charge in [-0.15, -0.1) is 0 Å². The van der Waals surface area contributed by atoms with Crippen molar-refractivity contribution in [3.8, 4) is 5.75 Å². The van der Waals surface area contributed by atoms with E-state index in [1.807, 2.05) is 6.07 Å². The second-order valence-corrected chi connectivity index (χ2v) is 6.52. The molecule has 0 N–H and O–H groups in total. The monoisotopic (exact) mass is 288 g/mol. The van der Waals surface area contributed by atoms with E-state index in [1.165, 1.54) is 44.5 Å². The van der Waals surface area contributed by atoms with E-state index >= 15 is 0 Å². The van der Waals surface area contributed by atoms with Crippen molar-refractivity contribution in [2.24, 2.45) is 5.92 Å². The first kappa shape index (κ1) is 14.7. The molecular weight excluding hydrogens is 260 g/mol. The lowest BCUT2D eigenvalue weighted by molar-refractivity contribution is 0.105. The molecule has 2 fully saturated rings. The zero-order valence-corrected chi connectivity index (χ0v) is 13.4. The molecule has 1 aromatic rings. The summed E-state index contributed by atoms with van der Waals surface area (Å²) in [5.74, 6) is 1.87. The Hall–Kier alpha value is -1.22. The van der Waals surface area contributed by atoms with Gasteiger partial charge in [-0.2, -0.15) is 0 Å². The van der Waals surface area contributed by atoms with Crippen molar-refractivity contribution in [1.29, 1.82) is 0 Å². The molecule has 0 aromatic heterocycles. The van der Waals surface area contributed by atoms with Crippen molar-refractivity contribution in [2.75, 3.05) is 38.2 Å². The summed E-state index contributed by atoms with van der Waals surface area (Å²) in [5.41, 5.74) is 1.25. The van der Waals surface area contributed by atoms with Gasteiger partial charge in [0.2, 0.25) is 0 Å². The topological polar surface area (TPSA) is 15.7 Å². The molecule has 0 spiro atoms. The average molecular weight is 288 g/mol. The molecule has 1 aromatic carbocycles. The maximum atomic E-state index is 5.50. The Morgan fingerprint density at radius 3 is 2.43 bits per heavy atom. The summed E-state index contributed by atoms with van der Waals surface area (Å²) >= 11 is 0. The van der Waals surface area contributed by atoms with E-state index in [4.69, 9.17) is 4.74 Å². The van der Waals surface area contributed by atoms with Gasteiger partial charge in [0.15, 0.2) is 0 Å².